The van der Waals surface area contributed by atoms with Gasteiger partial charge in [0.2, 0.25) is 0 Å². The van der Waals surface area contributed by atoms with Crippen molar-refractivity contribution in [3.63, 3.8) is 0 Å². The van der Waals surface area contributed by atoms with E-state index in [2.05, 4.69) is 172 Å². The van der Waals surface area contributed by atoms with Crippen LogP contribution in [0.15, 0.2) is 158 Å². The number of phosphoric acid groups is 1. The van der Waals surface area contributed by atoms with E-state index in [-0.39, 0.29) is 32.0 Å². The fraction of sp³-hybridized carbons (Fsp3) is 0.667. The van der Waals surface area contributed by atoms with Gasteiger partial charge >= 0.3 is 19.8 Å². The number of hydrogen-bond acceptors (Lipinski definition) is 7. The van der Waals surface area contributed by atoms with Crippen LogP contribution in [-0.2, 0) is 32.7 Å². The van der Waals surface area contributed by atoms with Crippen molar-refractivity contribution in [2.24, 2.45) is 0 Å². The van der Waals surface area contributed by atoms with E-state index in [0.29, 0.717) is 17.4 Å². The first-order valence-corrected chi connectivity index (χ1v) is 39.7. The van der Waals surface area contributed by atoms with Crippen molar-refractivity contribution < 1.29 is 42.1 Å². The largest absolute Gasteiger partial charge is 0.472 e. The summed E-state index contributed by atoms with van der Waals surface area (Å²) in [7, 11) is 1.46. The molecule has 0 rings (SSSR count). The van der Waals surface area contributed by atoms with Crippen molar-refractivity contribution in [2.75, 3.05) is 47.5 Å². The minimum atomic E-state index is -4.41. The molecule has 0 spiro atoms. The first-order valence-electron chi connectivity index (χ1n) is 38.2. The number of nitrogens with zero attached hydrogens (tertiary/aromatic N) is 1. The van der Waals surface area contributed by atoms with Gasteiger partial charge in [0.25, 0.3) is 0 Å². The lowest BCUT2D eigenvalue weighted by Gasteiger charge is -2.24. The Morgan fingerprint density at radius 3 is 0.904 bits per heavy atom. The van der Waals surface area contributed by atoms with Gasteiger partial charge in [0.05, 0.1) is 27.7 Å². The Bertz CT molecular complexity index is 2150. The molecule has 9 nitrogen and oxygen atoms in total. The summed E-state index contributed by atoms with van der Waals surface area (Å²) < 4.78 is 34.8. The smallest absolute Gasteiger partial charge is 0.462 e. The van der Waals surface area contributed by atoms with Crippen LogP contribution in [0.3, 0.4) is 0 Å². The third kappa shape index (κ3) is 76.6. The van der Waals surface area contributed by atoms with Crippen molar-refractivity contribution in [1.29, 1.82) is 0 Å². The molecule has 0 bridgehead atoms. The third-order valence-electron chi connectivity index (χ3n) is 16.0. The summed E-state index contributed by atoms with van der Waals surface area (Å²) in [5, 5.41) is 0. The number of unbranched alkanes of at least 4 members (excludes halogenated alkanes) is 29. The Balaban J connectivity index is 4.07. The lowest BCUT2D eigenvalue weighted by Crippen LogP contribution is -2.37. The van der Waals surface area contributed by atoms with Gasteiger partial charge in [-0.1, -0.05) is 326 Å². The molecular weight excluding hydrogens is 1180 g/mol. The molecule has 0 aromatic heterocycles. The average molecular weight is 1330 g/mol. The van der Waals surface area contributed by atoms with Gasteiger partial charge in [-0.25, -0.2) is 4.57 Å². The van der Waals surface area contributed by atoms with Crippen molar-refractivity contribution in [3.8, 4) is 0 Å². The zero-order valence-corrected chi connectivity index (χ0v) is 62.0. The lowest BCUT2D eigenvalue weighted by atomic mass is 10.0. The zero-order valence-electron chi connectivity index (χ0n) is 61.1. The van der Waals surface area contributed by atoms with E-state index >= 15 is 0 Å². The number of ether oxygens (including phenoxy) is 2. The number of carbonyl (C=O) groups excluding carboxylic acids is 2. The highest BCUT2D eigenvalue weighted by atomic mass is 31.2. The maximum atomic E-state index is 12.9. The lowest BCUT2D eigenvalue weighted by molar-refractivity contribution is -0.870. The van der Waals surface area contributed by atoms with E-state index in [4.69, 9.17) is 18.5 Å². The topological polar surface area (TPSA) is 108 Å². The van der Waals surface area contributed by atoms with Crippen molar-refractivity contribution in [3.05, 3.63) is 158 Å². The second-order valence-corrected chi connectivity index (χ2v) is 27.8. The quantitative estimate of drug-likeness (QED) is 0.0211. The van der Waals surface area contributed by atoms with Gasteiger partial charge in [0.15, 0.2) is 6.10 Å². The number of quaternary nitrogens is 1. The molecule has 0 radical (unpaired) electrons. The van der Waals surface area contributed by atoms with E-state index < -0.39 is 26.5 Å². The molecule has 0 aliphatic carbocycles. The highest BCUT2D eigenvalue weighted by molar-refractivity contribution is 7.47. The predicted molar refractivity (Wildman–Crippen MR) is 408 cm³/mol. The molecule has 0 amide bonds. The van der Waals surface area contributed by atoms with E-state index in [1.165, 1.54) is 154 Å². The summed E-state index contributed by atoms with van der Waals surface area (Å²) in [5.74, 6) is -0.804. The van der Waals surface area contributed by atoms with E-state index in [1.54, 1.807) is 0 Å². The molecular formula is C84H143NO8P+. The van der Waals surface area contributed by atoms with Gasteiger partial charge in [-0.15, -0.1) is 0 Å². The molecule has 0 aromatic rings. The van der Waals surface area contributed by atoms with E-state index in [1.807, 2.05) is 21.1 Å². The highest BCUT2D eigenvalue weighted by Crippen LogP contribution is 2.43. The van der Waals surface area contributed by atoms with E-state index in [9.17, 15) is 19.0 Å². The molecule has 10 heteroatoms. The second kappa shape index (κ2) is 72.9. The van der Waals surface area contributed by atoms with Crippen LogP contribution in [0.2, 0.25) is 0 Å². The van der Waals surface area contributed by atoms with Crippen LogP contribution in [0, 0.1) is 0 Å². The van der Waals surface area contributed by atoms with Crippen LogP contribution in [0.1, 0.15) is 309 Å². The Kier molecular flexibility index (Phi) is 69.5. The van der Waals surface area contributed by atoms with Crippen LogP contribution < -0.4 is 0 Å². The number of phosphoric ester groups is 1. The summed E-state index contributed by atoms with van der Waals surface area (Å²) in [6, 6.07) is 0. The molecule has 536 valence electrons. The molecule has 1 N–H and O–H groups in total. The fourth-order valence-corrected chi connectivity index (χ4v) is 11.0. The number of allylic oxidation sites excluding steroid dienone is 26. The van der Waals surface area contributed by atoms with Crippen LogP contribution in [0.25, 0.3) is 0 Å². The number of likely N-dealkylation sites (N-methyl/N-ethyl adjacent to an activating group) is 1. The molecule has 94 heavy (non-hydrogen) atoms. The molecule has 2 atom stereocenters. The Morgan fingerprint density at radius 2 is 0.606 bits per heavy atom. The van der Waals surface area contributed by atoms with Gasteiger partial charge in [-0.05, 0) is 128 Å². The van der Waals surface area contributed by atoms with Gasteiger partial charge in [-0.2, -0.15) is 0 Å². The van der Waals surface area contributed by atoms with Crippen molar-refractivity contribution in [2.45, 2.75) is 315 Å². The first kappa shape index (κ1) is 89.6. The molecule has 0 fully saturated rings. The summed E-state index contributed by atoms with van der Waals surface area (Å²) in [6.07, 6.45) is 109. The molecule has 0 saturated carbocycles. The van der Waals surface area contributed by atoms with E-state index in [0.717, 1.165) is 122 Å². The maximum absolute atomic E-state index is 12.9. The van der Waals surface area contributed by atoms with Crippen LogP contribution in [0.4, 0.5) is 0 Å². The van der Waals surface area contributed by atoms with Gasteiger partial charge in [-0.3, -0.25) is 18.6 Å². The Labute approximate surface area is 579 Å². The molecule has 0 aliphatic rings. The highest BCUT2D eigenvalue weighted by Gasteiger charge is 2.27. The van der Waals surface area contributed by atoms with Gasteiger partial charge in [0, 0.05) is 12.8 Å². The molecule has 0 heterocycles. The number of esters is 2. The van der Waals surface area contributed by atoms with Crippen LogP contribution >= 0.6 is 7.82 Å². The molecule has 2 unspecified atom stereocenters. The Hall–Kier alpha value is -4.37. The summed E-state index contributed by atoms with van der Waals surface area (Å²) in [6.45, 7) is 4.31. The summed E-state index contributed by atoms with van der Waals surface area (Å²) >= 11 is 0. The first-order chi connectivity index (χ1) is 46.0. The monoisotopic (exact) mass is 1330 g/mol. The minimum absolute atomic E-state index is 0.0244. The van der Waals surface area contributed by atoms with Crippen LogP contribution in [-0.4, -0.2) is 74.9 Å². The van der Waals surface area contributed by atoms with Crippen LogP contribution in [0.5, 0.6) is 0 Å². The number of hydrogen-bond donors (Lipinski definition) is 1. The summed E-state index contributed by atoms with van der Waals surface area (Å²) in [5.41, 5.74) is 0. The Morgan fingerprint density at radius 1 is 0.340 bits per heavy atom. The molecule has 0 aliphatic heterocycles. The average Bonchev–Trinajstić information content (AvgIpc) is 1.57. The molecule has 0 saturated heterocycles. The minimum Gasteiger partial charge on any atom is -0.462 e. The van der Waals surface area contributed by atoms with Crippen molar-refractivity contribution >= 4 is 19.8 Å². The fourth-order valence-electron chi connectivity index (χ4n) is 10.2. The molecule has 0 aromatic carbocycles. The van der Waals surface area contributed by atoms with Gasteiger partial charge < -0.3 is 18.9 Å². The third-order valence-corrected chi connectivity index (χ3v) is 17.0. The maximum Gasteiger partial charge on any atom is 0.472 e. The van der Waals surface area contributed by atoms with Gasteiger partial charge in [0.1, 0.15) is 19.8 Å². The number of rotatable bonds is 69. The standard InChI is InChI=1S/C84H142NO8P/c1-6-8-10-12-14-16-18-20-22-24-26-28-30-32-34-36-37-38-39-40-41-42-43-44-45-46-47-49-51-53-55-57-59-61-63-65-67-69-71-73-75-77-84(87)93-82(81-92-94(88,89)91-79-78-85(3,4)5)80-90-83(86)76-74-72-70-68-66-64-62-60-58-56-54-52-50-48-35-33-31-29-27-25-23-21-19-17-15-13-11-9-7-2/h8,10,14,16,19-22,25-28,31-34,37-38,40-41,43-44,46-47,51,53,82H,6-7,9,11-13,15,17-18,23-24,29-30,35-36,39,42,45,48-50,52,54-81H2,1-5H3/p+1/b10-8-,16-14-,21-19-,22-20-,27-25-,28-26-,33-31-,34-32-,38-37-,41-40-,44-43-,47-46-,53-51-. The number of carbonyl (C=O) groups is 2. The second-order valence-electron chi connectivity index (χ2n) is 26.3. The van der Waals surface area contributed by atoms with Crippen molar-refractivity contribution in [1.82, 2.24) is 0 Å². The predicted octanol–water partition coefficient (Wildman–Crippen LogP) is 25.5. The summed E-state index contributed by atoms with van der Waals surface area (Å²) in [4.78, 5) is 36.0. The zero-order chi connectivity index (χ0) is 68.3. The SMILES string of the molecule is CC/C=C\C/C=C\C/C=C\C/C=C\C/C=C\C/C=C\C/C=C\C/C=C\C/C=C\C/C=C\CCCCCCCCCCCCC(=O)OC(COC(=O)CCCCCCCCCCCCCCCC/C=C\C/C=C\C/C=C\CCCCCCC)COP(=O)(O)OCC[N+](C)(C)C. The normalized spacial score (nSPS) is 14.0.